The molecule has 0 unspecified atom stereocenters. The number of hydrogen-bond donors (Lipinski definition) is 1. The highest BCUT2D eigenvalue weighted by atomic mass is 127. The van der Waals surface area contributed by atoms with Gasteiger partial charge in [-0.2, -0.15) is 5.26 Å². The first-order valence-corrected chi connectivity index (χ1v) is 5.74. The van der Waals surface area contributed by atoms with Crippen LogP contribution in [-0.4, -0.2) is 4.98 Å². The number of aromatic nitrogens is 1. The van der Waals surface area contributed by atoms with Crippen molar-refractivity contribution in [3.63, 3.8) is 0 Å². The molecule has 3 nitrogen and oxygen atoms in total. The quantitative estimate of drug-likeness (QED) is 0.864. The second kappa shape index (κ2) is 4.94. The van der Waals surface area contributed by atoms with Crippen LogP contribution in [0.5, 0.6) is 0 Å². The third-order valence-electron chi connectivity index (χ3n) is 2.06. The van der Waals surface area contributed by atoms with Crippen LogP contribution in [0.25, 0.3) is 0 Å². The zero-order valence-electron chi connectivity index (χ0n) is 8.31. The molecule has 2 aromatic rings. The Bertz CT molecular complexity index is 529. The number of benzene rings is 1. The van der Waals surface area contributed by atoms with Crippen molar-refractivity contribution in [3.05, 3.63) is 51.9 Å². The third kappa shape index (κ3) is 2.49. The van der Waals surface area contributed by atoms with Gasteiger partial charge in [0.05, 0.1) is 17.4 Å². The number of nitrogens with one attached hydrogen (secondary N) is 1. The van der Waals surface area contributed by atoms with Gasteiger partial charge in [-0.15, -0.1) is 0 Å². The van der Waals surface area contributed by atoms with E-state index in [0.29, 0.717) is 5.56 Å². The fraction of sp³-hybridized carbons (Fsp3) is 0. The molecule has 1 aromatic heterocycles. The Morgan fingerprint density at radius 3 is 2.62 bits per heavy atom. The fourth-order valence-corrected chi connectivity index (χ4v) is 1.64. The minimum atomic E-state index is 0.591. The Morgan fingerprint density at radius 2 is 1.94 bits per heavy atom. The Labute approximate surface area is 107 Å². The lowest BCUT2D eigenvalue weighted by molar-refractivity contribution is 1.30. The molecule has 0 fully saturated rings. The number of halogens is 1. The summed E-state index contributed by atoms with van der Waals surface area (Å²) in [5, 5.41) is 12.1. The molecule has 4 heteroatoms. The van der Waals surface area contributed by atoms with Crippen LogP contribution in [0.2, 0.25) is 0 Å². The number of nitrogens with zero attached hydrogens (tertiary/aromatic N) is 2. The van der Waals surface area contributed by atoms with Gasteiger partial charge in [-0.25, -0.2) is 0 Å². The predicted molar refractivity (Wildman–Crippen MR) is 71.4 cm³/mol. The van der Waals surface area contributed by atoms with Crippen molar-refractivity contribution < 1.29 is 0 Å². The molecule has 1 aromatic carbocycles. The van der Waals surface area contributed by atoms with Gasteiger partial charge in [0.2, 0.25) is 0 Å². The van der Waals surface area contributed by atoms with E-state index >= 15 is 0 Å². The van der Waals surface area contributed by atoms with Crippen LogP contribution in [-0.2, 0) is 0 Å². The largest absolute Gasteiger partial charge is 0.353 e. The summed E-state index contributed by atoms with van der Waals surface area (Å²) in [5.74, 6) is 0. The van der Waals surface area contributed by atoms with Crippen LogP contribution >= 0.6 is 22.6 Å². The maximum atomic E-state index is 8.92. The van der Waals surface area contributed by atoms with Gasteiger partial charge in [0.15, 0.2) is 0 Å². The number of anilines is 2. The predicted octanol–water partition coefficient (Wildman–Crippen LogP) is 3.30. The minimum absolute atomic E-state index is 0.591. The number of hydrogen-bond acceptors (Lipinski definition) is 3. The smallest absolute Gasteiger partial charge is 0.101 e. The van der Waals surface area contributed by atoms with E-state index in [0.717, 1.165) is 11.4 Å². The Hall–Kier alpha value is -1.61. The van der Waals surface area contributed by atoms with E-state index in [4.69, 9.17) is 5.26 Å². The molecule has 0 aliphatic heterocycles. The van der Waals surface area contributed by atoms with E-state index in [2.05, 4.69) is 39.0 Å². The van der Waals surface area contributed by atoms with Crippen LogP contribution in [0.4, 0.5) is 11.4 Å². The number of pyridine rings is 1. The fourth-order valence-electron chi connectivity index (χ4n) is 1.28. The SMILES string of the molecule is N#Cc1ccncc1Nc1ccc(I)cc1. The molecule has 0 saturated carbocycles. The van der Waals surface area contributed by atoms with E-state index in [-0.39, 0.29) is 0 Å². The van der Waals surface area contributed by atoms with Crippen LogP contribution in [0.3, 0.4) is 0 Å². The van der Waals surface area contributed by atoms with Crippen molar-refractivity contribution in [1.29, 1.82) is 5.26 Å². The average Bonchev–Trinajstić information content (AvgIpc) is 2.33. The zero-order chi connectivity index (χ0) is 11.4. The average molecular weight is 321 g/mol. The molecular formula is C12H8IN3. The molecule has 78 valence electrons. The van der Waals surface area contributed by atoms with Crippen molar-refractivity contribution in [2.24, 2.45) is 0 Å². The summed E-state index contributed by atoms with van der Waals surface area (Å²) in [6.07, 6.45) is 3.26. The van der Waals surface area contributed by atoms with E-state index in [9.17, 15) is 0 Å². The topological polar surface area (TPSA) is 48.7 Å². The van der Waals surface area contributed by atoms with E-state index in [1.54, 1.807) is 18.5 Å². The van der Waals surface area contributed by atoms with Gasteiger partial charge in [0.25, 0.3) is 0 Å². The molecule has 1 heterocycles. The Balaban J connectivity index is 2.27. The molecule has 2 rings (SSSR count). The van der Waals surface area contributed by atoms with Crippen molar-refractivity contribution in [2.45, 2.75) is 0 Å². The highest BCUT2D eigenvalue weighted by molar-refractivity contribution is 14.1. The third-order valence-corrected chi connectivity index (χ3v) is 2.78. The van der Waals surface area contributed by atoms with Gasteiger partial charge in [-0.1, -0.05) is 0 Å². The summed E-state index contributed by atoms with van der Waals surface area (Å²) < 4.78 is 1.18. The van der Waals surface area contributed by atoms with Crippen molar-refractivity contribution in [1.82, 2.24) is 4.98 Å². The van der Waals surface area contributed by atoms with Gasteiger partial charge >= 0.3 is 0 Å². The summed E-state index contributed by atoms with van der Waals surface area (Å²) in [4.78, 5) is 3.99. The number of nitriles is 1. The van der Waals surface area contributed by atoms with Crippen LogP contribution in [0, 0.1) is 14.9 Å². The zero-order valence-corrected chi connectivity index (χ0v) is 10.5. The van der Waals surface area contributed by atoms with Gasteiger partial charge < -0.3 is 5.32 Å². The van der Waals surface area contributed by atoms with Gasteiger partial charge in [0.1, 0.15) is 6.07 Å². The van der Waals surface area contributed by atoms with Gasteiger partial charge in [-0.3, -0.25) is 4.98 Å². The van der Waals surface area contributed by atoms with Crippen molar-refractivity contribution in [3.8, 4) is 6.07 Å². The first-order valence-electron chi connectivity index (χ1n) is 4.66. The maximum Gasteiger partial charge on any atom is 0.101 e. The summed E-state index contributed by atoms with van der Waals surface area (Å²) in [7, 11) is 0. The molecule has 0 spiro atoms. The Kier molecular flexibility index (Phi) is 3.37. The standard InChI is InChI=1S/C12H8IN3/c13-10-1-3-11(4-2-10)16-12-8-15-6-5-9(12)7-14/h1-6,8,16H. The van der Waals surface area contributed by atoms with E-state index in [1.165, 1.54) is 3.57 Å². The van der Waals surface area contributed by atoms with Crippen molar-refractivity contribution >= 4 is 34.0 Å². The van der Waals surface area contributed by atoms with E-state index in [1.807, 2.05) is 24.3 Å². The number of rotatable bonds is 2. The second-order valence-corrected chi connectivity index (χ2v) is 4.41. The summed E-state index contributed by atoms with van der Waals surface area (Å²) in [6, 6.07) is 11.8. The minimum Gasteiger partial charge on any atom is -0.353 e. The maximum absolute atomic E-state index is 8.92. The molecule has 0 amide bonds. The molecule has 0 aliphatic rings. The summed E-state index contributed by atoms with van der Waals surface area (Å²) in [6.45, 7) is 0. The van der Waals surface area contributed by atoms with Gasteiger partial charge in [-0.05, 0) is 52.9 Å². The highest BCUT2D eigenvalue weighted by Crippen LogP contribution is 2.19. The molecule has 0 saturated heterocycles. The van der Waals surface area contributed by atoms with Crippen LogP contribution in [0.15, 0.2) is 42.7 Å². The van der Waals surface area contributed by atoms with Gasteiger partial charge in [0, 0.05) is 15.5 Å². The normalized spacial score (nSPS) is 9.50. The first-order chi connectivity index (χ1) is 7.79. The Morgan fingerprint density at radius 1 is 1.19 bits per heavy atom. The summed E-state index contributed by atoms with van der Waals surface area (Å²) in [5.41, 5.74) is 2.27. The molecule has 0 aliphatic carbocycles. The molecule has 0 atom stereocenters. The van der Waals surface area contributed by atoms with E-state index < -0.39 is 0 Å². The first kappa shape index (κ1) is 10.9. The lowest BCUT2D eigenvalue weighted by Gasteiger charge is -2.07. The molecular weight excluding hydrogens is 313 g/mol. The highest BCUT2D eigenvalue weighted by Gasteiger charge is 2.01. The lowest BCUT2D eigenvalue weighted by Crippen LogP contribution is -1.94. The van der Waals surface area contributed by atoms with Crippen LogP contribution < -0.4 is 5.32 Å². The van der Waals surface area contributed by atoms with Crippen molar-refractivity contribution in [2.75, 3.05) is 5.32 Å². The molecule has 1 N–H and O–H groups in total. The monoisotopic (exact) mass is 321 g/mol. The second-order valence-electron chi connectivity index (χ2n) is 3.16. The summed E-state index contributed by atoms with van der Waals surface area (Å²) >= 11 is 2.25. The molecule has 0 bridgehead atoms. The lowest BCUT2D eigenvalue weighted by atomic mass is 10.2. The molecule has 0 radical (unpaired) electrons. The molecule has 16 heavy (non-hydrogen) atoms. The van der Waals surface area contributed by atoms with Crippen LogP contribution in [0.1, 0.15) is 5.56 Å².